The van der Waals surface area contributed by atoms with E-state index in [4.69, 9.17) is 19.6 Å². The quantitative estimate of drug-likeness (QED) is 0.665. The molecule has 1 atom stereocenters. The van der Waals surface area contributed by atoms with Gasteiger partial charge in [-0.3, -0.25) is 4.79 Å². The highest BCUT2D eigenvalue weighted by Crippen LogP contribution is 2.41. The average molecular weight is 429 g/mol. The first kappa shape index (κ1) is 21.7. The number of methoxy groups -OCH3 is 2. The predicted molar refractivity (Wildman–Crippen MR) is 116 cm³/mol. The summed E-state index contributed by atoms with van der Waals surface area (Å²) < 4.78 is 16.4. The van der Waals surface area contributed by atoms with Crippen LogP contribution in [0.1, 0.15) is 38.9 Å². The van der Waals surface area contributed by atoms with Crippen LogP contribution in [-0.4, -0.2) is 31.6 Å². The molecule has 7 heteroatoms. The summed E-state index contributed by atoms with van der Waals surface area (Å²) in [7, 11) is 3.25. The predicted octanol–water partition coefficient (Wildman–Crippen LogP) is 3.97. The van der Waals surface area contributed by atoms with E-state index in [1.54, 1.807) is 20.3 Å². The number of rotatable bonds is 5. The highest BCUT2D eigenvalue weighted by atomic mass is 35.5. The minimum absolute atomic E-state index is 0. The van der Waals surface area contributed by atoms with E-state index in [0.717, 1.165) is 23.1 Å². The Balaban J connectivity index is 0.00000256. The van der Waals surface area contributed by atoms with Crippen LogP contribution >= 0.6 is 12.4 Å². The molecule has 2 aromatic carbocycles. The fraction of sp³-hybridized carbons (Fsp3) is 0.261. The van der Waals surface area contributed by atoms with E-state index in [9.17, 15) is 4.79 Å². The fourth-order valence-electron chi connectivity index (χ4n) is 3.93. The molecule has 0 saturated carbocycles. The molecule has 1 amide bonds. The van der Waals surface area contributed by atoms with Crippen molar-refractivity contribution >= 4 is 18.3 Å². The monoisotopic (exact) mass is 428 g/mol. The van der Waals surface area contributed by atoms with Crippen molar-refractivity contribution < 1.29 is 18.7 Å². The second kappa shape index (κ2) is 9.24. The van der Waals surface area contributed by atoms with Gasteiger partial charge in [0, 0.05) is 6.54 Å². The minimum Gasteiger partial charge on any atom is -0.493 e. The van der Waals surface area contributed by atoms with E-state index in [2.05, 4.69) is 0 Å². The van der Waals surface area contributed by atoms with Crippen molar-refractivity contribution in [2.24, 2.45) is 5.73 Å². The van der Waals surface area contributed by atoms with Crippen LogP contribution in [0.3, 0.4) is 0 Å². The van der Waals surface area contributed by atoms with Gasteiger partial charge in [-0.15, -0.1) is 12.4 Å². The van der Waals surface area contributed by atoms with Crippen LogP contribution in [0.25, 0.3) is 0 Å². The SMILES string of the molecule is COc1cc2c(cc1OC)C(c1ccccc1)N(C(=O)c1coc(CN)c1)CC2.Cl. The standard InChI is InChI=1S/C23H24N2O4.ClH/c1-27-20-11-16-8-9-25(23(26)17-10-18(13-24)29-14-17)22(15-6-4-3-5-7-15)19(16)12-21(20)28-2;/h3-7,10-12,14,22H,8-9,13,24H2,1-2H3;1H. The normalized spacial score (nSPS) is 15.2. The zero-order valence-corrected chi connectivity index (χ0v) is 17.8. The summed E-state index contributed by atoms with van der Waals surface area (Å²) in [5, 5.41) is 0. The number of hydrogen-bond acceptors (Lipinski definition) is 5. The molecular formula is C23H25ClN2O4. The summed E-state index contributed by atoms with van der Waals surface area (Å²) in [6, 6.07) is 15.5. The number of carbonyl (C=O) groups excluding carboxylic acids is 1. The molecule has 0 fully saturated rings. The summed E-state index contributed by atoms with van der Waals surface area (Å²) >= 11 is 0. The smallest absolute Gasteiger partial charge is 0.257 e. The average Bonchev–Trinajstić information content (AvgIpc) is 3.26. The van der Waals surface area contributed by atoms with E-state index in [0.29, 0.717) is 29.4 Å². The lowest BCUT2D eigenvalue weighted by molar-refractivity contribution is 0.0693. The number of nitrogens with two attached hydrogens (primary N) is 1. The van der Waals surface area contributed by atoms with Gasteiger partial charge in [-0.1, -0.05) is 30.3 Å². The second-order valence-electron chi connectivity index (χ2n) is 6.97. The molecule has 0 radical (unpaired) electrons. The summed E-state index contributed by atoms with van der Waals surface area (Å²) in [6.45, 7) is 0.846. The number of ether oxygens (including phenoxy) is 2. The number of amides is 1. The third-order valence-electron chi connectivity index (χ3n) is 5.35. The Labute approximate surface area is 182 Å². The molecule has 1 aliphatic rings. The van der Waals surface area contributed by atoms with E-state index in [-0.39, 0.29) is 30.9 Å². The molecule has 6 nitrogen and oxygen atoms in total. The van der Waals surface area contributed by atoms with Crippen LogP contribution < -0.4 is 15.2 Å². The Morgan fingerprint density at radius 3 is 2.47 bits per heavy atom. The first-order chi connectivity index (χ1) is 14.2. The Kier molecular flexibility index (Phi) is 6.70. The topological polar surface area (TPSA) is 77.9 Å². The molecule has 2 N–H and O–H groups in total. The van der Waals surface area contributed by atoms with E-state index >= 15 is 0 Å². The Morgan fingerprint density at radius 1 is 1.13 bits per heavy atom. The van der Waals surface area contributed by atoms with E-state index in [1.165, 1.54) is 6.26 Å². The van der Waals surface area contributed by atoms with Gasteiger partial charge in [-0.2, -0.15) is 0 Å². The number of furan rings is 1. The van der Waals surface area contributed by atoms with Crippen LogP contribution in [0.15, 0.2) is 59.2 Å². The number of nitrogens with zero attached hydrogens (tertiary/aromatic N) is 1. The molecule has 0 aliphatic carbocycles. The third kappa shape index (κ3) is 3.88. The van der Waals surface area contributed by atoms with Gasteiger partial charge >= 0.3 is 0 Å². The molecule has 0 saturated heterocycles. The first-order valence-electron chi connectivity index (χ1n) is 9.54. The molecule has 0 bridgehead atoms. The van der Waals surface area contributed by atoms with Gasteiger partial charge in [0.2, 0.25) is 0 Å². The Bertz CT molecular complexity index is 1020. The molecule has 1 aromatic heterocycles. The maximum Gasteiger partial charge on any atom is 0.257 e. The molecular weight excluding hydrogens is 404 g/mol. The van der Waals surface area contributed by atoms with Crippen molar-refractivity contribution in [3.63, 3.8) is 0 Å². The molecule has 2 heterocycles. The number of halogens is 1. The molecule has 4 rings (SSSR count). The molecule has 0 spiro atoms. The minimum atomic E-state index is -0.233. The molecule has 3 aromatic rings. The highest BCUT2D eigenvalue weighted by molar-refractivity contribution is 5.94. The zero-order valence-electron chi connectivity index (χ0n) is 17.0. The van der Waals surface area contributed by atoms with E-state index in [1.807, 2.05) is 47.4 Å². The number of hydrogen-bond donors (Lipinski definition) is 1. The van der Waals surface area contributed by atoms with Crippen molar-refractivity contribution in [3.05, 3.63) is 82.8 Å². The van der Waals surface area contributed by atoms with Crippen LogP contribution in [-0.2, 0) is 13.0 Å². The van der Waals surface area contributed by atoms with Gasteiger partial charge in [-0.25, -0.2) is 0 Å². The Morgan fingerprint density at radius 2 is 1.83 bits per heavy atom. The molecule has 1 unspecified atom stereocenters. The number of carbonyl (C=O) groups is 1. The second-order valence-corrected chi connectivity index (χ2v) is 6.97. The maximum absolute atomic E-state index is 13.4. The lowest BCUT2D eigenvalue weighted by atomic mass is 9.87. The van der Waals surface area contributed by atoms with Crippen molar-refractivity contribution in [1.29, 1.82) is 0 Å². The van der Waals surface area contributed by atoms with Gasteiger partial charge in [-0.05, 0) is 41.3 Å². The van der Waals surface area contributed by atoms with Gasteiger partial charge in [0.15, 0.2) is 11.5 Å². The highest BCUT2D eigenvalue weighted by Gasteiger charge is 2.34. The van der Waals surface area contributed by atoms with Gasteiger partial charge < -0.3 is 24.5 Å². The summed E-state index contributed by atoms with van der Waals surface area (Å²) in [6.07, 6.45) is 2.21. The number of benzene rings is 2. The van der Waals surface area contributed by atoms with Gasteiger partial charge in [0.25, 0.3) is 5.91 Å². The van der Waals surface area contributed by atoms with E-state index < -0.39 is 0 Å². The van der Waals surface area contributed by atoms with Gasteiger partial charge in [0.1, 0.15) is 12.0 Å². The van der Waals surface area contributed by atoms with Crippen LogP contribution in [0.4, 0.5) is 0 Å². The third-order valence-corrected chi connectivity index (χ3v) is 5.35. The summed E-state index contributed by atoms with van der Waals surface area (Å²) in [5.41, 5.74) is 9.37. The zero-order chi connectivity index (χ0) is 20.4. The lowest BCUT2D eigenvalue weighted by Crippen LogP contribution is -2.40. The van der Waals surface area contributed by atoms with Crippen LogP contribution in [0.2, 0.25) is 0 Å². The Hall–Kier alpha value is -2.96. The summed E-state index contributed by atoms with van der Waals surface area (Å²) in [5.74, 6) is 1.85. The number of fused-ring (bicyclic) bond motifs is 1. The van der Waals surface area contributed by atoms with Crippen molar-refractivity contribution in [2.45, 2.75) is 19.0 Å². The maximum atomic E-state index is 13.4. The molecule has 158 valence electrons. The van der Waals surface area contributed by atoms with Crippen molar-refractivity contribution in [1.82, 2.24) is 4.90 Å². The summed E-state index contributed by atoms with van der Waals surface area (Å²) in [4.78, 5) is 15.3. The molecule has 1 aliphatic heterocycles. The van der Waals surface area contributed by atoms with Gasteiger partial charge in [0.05, 0.1) is 32.4 Å². The lowest BCUT2D eigenvalue weighted by Gasteiger charge is -2.38. The fourth-order valence-corrected chi connectivity index (χ4v) is 3.93. The van der Waals surface area contributed by atoms with Crippen molar-refractivity contribution in [2.75, 3.05) is 20.8 Å². The van der Waals surface area contributed by atoms with Crippen LogP contribution in [0.5, 0.6) is 11.5 Å². The first-order valence-corrected chi connectivity index (χ1v) is 9.54. The van der Waals surface area contributed by atoms with Crippen LogP contribution in [0, 0.1) is 0 Å². The molecule has 30 heavy (non-hydrogen) atoms. The van der Waals surface area contributed by atoms with Crippen molar-refractivity contribution in [3.8, 4) is 11.5 Å². The largest absolute Gasteiger partial charge is 0.493 e.